The molecule has 1 saturated heterocycles. The highest BCUT2D eigenvalue weighted by molar-refractivity contribution is 5.80. The number of ether oxygens (including phenoxy) is 1. The molecule has 1 aliphatic heterocycles. The second kappa shape index (κ2) is 12.5. The average Bonchev–Trinajstić information content (AvgIpc) is 2.94. The van der Waals surface area contributed by atoms with Gasteiger partial charge in [0.05, 0.1) is 17.6 Å². The minimum atomic E-state index is -0.968. The van der Waals surface area contributed by atoms with Gasteiger partial charge in [0.2, 0.25) is 0 Å². The van der Waals surface area contributed by atoms with Crippen molar-refractivity contribution in [3.63, 3.8) is 0 Å². The number of aliphatic hydroxyl groups is 1. The van der Waals surface area contributed by atoms with Crippen molar-refractivity contribution in [2.75, 3.05) is 13.1 Å². The first-order valence-electron chi connectivity index (χ1n) is 14.1. The second-order valence-corrected chi connectivity index (χ2v) is 11.5. The number of benzene rings is 3. The van der Waals surface area contributed by atoms with Gasteiger partial charge in [-0.15, -0.1) is 0 Å². The van der Waals surface area contributed by atoms with Crippen LogP contribution in [0.1, 0.15) is 85.6 Å². The molecule has 0 aromatic heterocycles. The molecule has 5 nitrogen and oxygen atoms in total. The Morgan fingerprint density at radius 3 is 1.77 bits per heavy atom. The van der Waals surface area contributed by atoms with E-state index in [2.05, 4.69) is 74.2 Å². The van der Waals surface area contributed by atoms with Gasteiger partial charge in [0.1, 0.15) is 6.10 Å². The minimum Gasteiger partial charge on any atom is -0.481 e. The molecule has 3 aromatic rings. The Morgan fingerprint density at radius 1 is 0.872 bits per heavy atom. The van der Waals surface area contributed by atoms with Crippen LogP contribution in [-0.2, 0) is 14.9 Å². The molecule has 208 valence electrons. The highest BCUT2D eigenvalue weighted by Crippen LogP contribution is 2.33. The summed E-state index contributed by atoms with van der Waals surface area (Å²) >= 11 is 0. The van der Waals surface area contributed by atoms with Crippen LogP contribution in [0.5, 0.6) is 0 Å². The summed E-state index contributed by atoms with van der Waals surface area (Å²) in [5.41, 5.74) is 5.40. The summed E-state index contributed by atoms with van der Waals surface area (Å²) in [5, 5.41) is 20.8. The van der Waals surface area contributed by atoms with Crippen LogP contribution in [0.15, 0.2) is 72.8 Å². The number of aliphatic hydroxyl groups excluding tert-OH is 1. The van der Waals surface area contributed by atoms with Crippen molar-refractivity contribution in [3.05, 3.63) is 106 Å². The third kappa shape index (κ3) is 6.78. The Morgan fingerprint density at radius 2 is 1.33 bits per heavy atom. The van der Waals surface area contributed by atoms with E-state index in [-0.39, 0.29) is 18.2 Å². The average molecular weight is 530 g/mol. The summed E-state index contributed by atoms with van der Waals surface area (Å²) in [5.74, 6) is -0.862. The fraction of sp³-hybridized carbons (Fsp3) is 0.441. The van der Waals surface area contributed by atoms with Crippen LogP contribution >= 0.6 is 0 Å². The number of hydrogen-bond donors (Lipinski definition) is 2. The lowest BCUT2D eigenvalue weighted by molar-refractivity contribution is -0.142. The SMILES string of the molecule is CCC(C(O)c1ccc(C(C)(C)C(=O)O)cc1)N1CCC(OC(c2ccc(C)cc2)c2ccc(C)cc2)CC1. The predicted molar refractivity (Wildman–Crippen MR) is 156 cm³/mol. The van der Waals surface area contributed by atoms with Crippen molar-refractivity contribution in [1.29, 1.82) is 0 Å². The van der Waals surface area contributed by atoms with Crippen LogP contribution in [0.4, 0.5) is 0 Å². The van der Waals surface area contributed by atoms with Gasteiger partial charge >= 0.3 is 5.97 Å². The third-order valence-corrected chi connectivity index (χ3v) is 8.33. The largest absolute Gasteiger partial charge is 0.481 e. The number of aryl methyl sites for hydroxylation is 2. The van der Waals surface area contributed by atoms with Crippen molar-refractivity contribution < 1.29 is 19.7 Å². The van der Waals surface area contributed by atoms with Crippen molar-refractivity contribution in [3.8, 4) is 0 Å². The van der Waals surface area contributed by atoms with Crippen LogP contribution in [0.25, 0.3) is 0 Å². The van der Waals surface area contributed by atoms with Crippen molar-refractivity contribution >= 4 is 5.97 Å². The fourth-order valence-electron chi connectivity index (χ4n) is 5.49. The molecule has 1 heterocycles. The molecule has 0 saturated carbocycles. The molecule has 2 N–H and O–H groups in total. The van der Waals surface area contributed by atoms with E-state index >= 15 is 0 Å². The second-order valence-electron chi connectivity index (χ2n) is 11.5. The van der Waals surface area contributed by atoms with Gasteiger partial charge in [0.15, 0.2) is 0 Å². The molecule has 0 radical (unpaired) electrons. The molecule has 0 aliphatic carbocycles. The monoisotopic (exact) mass is 529 g/mol. The number of aliphatic carboxylic acids is 1. The number of carboxylic acids is 1. The quantitative estimate of drug-likeness (QED) is 0.304. The number of likely N-dealkylation sites (tertiary alicyclic amines) is 1. The first-order valence-corrected chi connectivity index (χ1v) is 14.1. The van der Waals surface area contributed by atoms with Gasteiger partial charge in [-0.2, -0.15) is 0 Å². The Bertz CT molecular complexity index is 1160. The fourth-order valence-corrected chi connectivity index (χ4v) is 5.49. The summed E-state index contributed by atoms with van der Waals surface area (Å²) in [6, 6.07) is 24.6. The molecule has 3 aromatic carbocycles. The molecule has 2 unspecified atom stereocenters. The van der Waals surface area contributed by atoms with Gasteiger partial charge in [-0.05, 0) is 69.2 Å². The normalized spacial score (nSPS) is 16.8. The first kappa shape index (κ1) is 29.0. The van der Waals surface area contributed by atoms with Gasteiger partial charge in [-0.1, -0.05) is 90.8 Å². The van der Waals surface area contributed by atoms with Crippen molar-refractivity contribution in [2.45, 2.75) is 83.6 Å². The summed E-state index contributed by atoms with van der Waals surface area (Å²) < 4.78 is 6.78. The lowest BCUT2D eigenvalue weighted by Gasteiger charge is -2.40. The zero-order chi connectivity index (χ0) is 28.2. The predicted octanol–water partition coefficient (Wildman–Crippen LogP) is 6.75. The van der Waals surface area contributed by atoms with E-state index in [9.17, 15) is 15.0 Å². The van der Waals surface area contributed by atoms with E-state index in [1.54, 1.807) is 13.8 Å². The van der Waals surface area contributed by atoms with Crippen LogP contribution in [0.3, 0.4) is 0 Å². The molecule has 0 amide bonds. The maximum atomic E-state index is 11.6. The van der Waals surface area contributed by atoms with E-state index < -0.39 is 17.5 Å². The third-order valence-electron chi connectivity index (χ3n) is 8.33. The highest BCUT2D eigenvalue weighted by Gasteiger charge is 2.33. The lowest BCUT2D eigenvalue weighted by atomic mass is 9.84. The molecule has 0 spiro atoms. The van der Waals surface area contributed by atoms with E-state index in [0.717, 1.165) is 43.5 Å². The zero-order valence-electron chi connectivity index (χ0n) is 23.9. The zero-order valence-corrected chi connectivity index (χ0v) is 23.9. The Kier molecular flexibility index (Phi) is 9.27. The van der Waals surface area contributed by atoms with E-state index in [0.29, 0.717) is 0 Å². The Labute approximate surface area is 233 Å². The molecule has 39 heavy (non-hydrogen) atoms. The molecular formula is C34H43NO4. The number of carbonyl (C=O) groups is 1. The van der Waals surface area contributed by atoms with Crippen LogP contribution < -0.4 is 0 Å². The van der Waals surface area contributed by atoms with Crippen molar-refractivity contribution in [1.82, 2.24) is 4.90 Å². The summed E-state index contributed by atoms with van der Waals surface area (Å²) in [4.78, 5) is 14.0. The molecule has 1 aliphatic rings. The van der Waals surface area contributed by atoms with Crippen LogP contribution in [0.2, 0.25) is 0 Å². The number of carboxylic acid groups (broad SMARTS) is 1. The molecule has 4 rings (SSSR count). The maximum Gasteiger partial charge on any atom is 0.313 e. The van der Waals surface area contributed by atoms with E-state index in [4.69, 9.17) is 4.74 Å². The number of hydrogen-bond acceptors (Lipinski definition) is 4. The minimum absolute atomic E-state index is 0.00530. The van der Waals surface area contributed by atoms with Gasteiger partial charge < -0.3 is 14.9 Å². The van der Waals surface area contributed by atoms with Gasteiger partial charge in [0, 0.05) is 19.1 Å². The van der Waals surface area contributed by atoms with Gasteiger partial charge in [0.25, 0.3) is 0 Å². The molecule has 5 heteroatoms. The van der Waals surface area contributed by atoms with E-state index in [1.165, 1.54) is 22.3 Å². The Balaban J connectivity index is 1.42. The maximum absolute atomic E-state index is 11.6. The number of nitrogens with zero attached hydrogens (tertiary/aromatic N) is 1. The molecule has 0 bridgehead atoms. The first-order chi connectivity index (χ1) is 18.6. The molecular weight excluding hydrogens is 486 g/mol. The number of rotatable bonds is 10. The van der Waals surface area contributed by atoms with Gasteiger partial charge in [-0.25, -0.2) is 0 Å². The molecule has 2 atom stereocenters. The van der Waals surface area contributed by atoms with E-state index in [1.807, 2.05) is 24.3 Å². The summed E-state index contributed by atoms with van der Waals surface area (Å²) in [6.07, 6.45) is 2.03. The highest BCUT2D eigenvalue weighted by atomic mass is 16.5. The smallest absolute Gasteiger partial charge is 0.313 e. The Hall–Kier alpha value is -2.99. The van der Waals surface area contributed by atoms with Crippen LogP contribution in [-0.4, -0.2) is 46.3 Å². The number of piperidine rings is 1. The lowest BCUT2D eigenvalue weighted by Crippen LogP contribution is -2.46. The molecule has 1 fully saturated rings. The topological polar surface area (TPSA) is 70.0 Å². The standard InChI is InChI=1S/C34H43NO4/c1-6-30(31(36)25-15-17-28(18-16-25)34(4,5)33(37)38)35-21-19-29(20-22-35)39-32(26-11-7-23(2)8-12-26)27-13-9-24(3)10-14-27/h7-18,29-32,36H,6,19-22H2,1-5H3,(H,37,38). The summed E-state index contributed by atoms with van der Waals surface area (Å²) in [7, 11) is 0. The summed E-state index contributed by atoms with van der Waals surface area (Å²) in [6.45, 7) is 11.4. The van der Waals surface area contributed by atoms with Crippen molar-refractivity contribution in [2.24, 2.45) is 0 Å². The van der Waals surface area contributed by atoms with Crippen LogP contribution in [0, 0.1) is 13.8 Å². The van der Waals surface area contributed by atoms with Gasteiger partial charge in [-0.3, -0.25) is 9.69 Å².